The molecule has 44 heavy (non-hydrogen) atoms. The second kappa shape index (κ2) is 13.3. The fourth-order valence-corrected chi connectivity index (χ4v) is 5.16. The zero-order chi connectivity index (χ0) is 31.3. The number of carbonyl (C=O) groups excluding carboxylic acids is 2. The number of fused-ring (bicyclic) bond motifs is 1. The van der Waals surface area contributed by atoms with E-state index in [0.29, 0.717) is 50.8 Å². The smallest absolute Gasteiger partial charge is 0.407 e. The minimum absolute atomic E-state index is 0.0819. The lowest BCUT2D eigenvalue weighted by atomic mass is 9.98. The van der Waals surface area contributed by atoms with Gasteiger partial charge in [-0.2, -0.15) is 5.10 Å². The molecule has 0 aliphatic carbocycles. The third-order valence-corrected chi connectivity index (χ3v) is 7.45. The molecule has 9 heteroatoms. The van der Waals surface area contributed by atoms with Crippen molar-refractivity contribution in [2.45, 2.75) is 65.7 Å². The number of pyridine rings is 1. The highest BCUT2D eigenvalue weighted by molar-refractivity contribution is 6.03. The fraction of sp³-hybridized carbons (Fsp3) is 0.371. The number of nitrogens with zero attached hydrogens (tertiary/aromatic N) is 4. The highest BCUT2D eigenvalue weighted by Gasteiger charge is 2.32. The van der Waals surface area contributed by atoms with Gasteiger partial charge in [-0.05, 0) is 74.1 Å². The number of hydrogen-bond acceptors (Lipinski definition) is 6. The zero-order valence-corrected chi connectivity index (χ0v) is 26.2. The van der Waals surface area contributed by atoms with E-state index in [-0.39, 0.29) is 5.91 Å². The van der Waals surface area contributed by atoms with Crippen LogP contribution >= 0.6 is 0 Å². The summed E-state index contributed by atoms with van der Waals surface area (Å²) in [5.74, 6) is 1.16. The van der Waals surface area contributed by atoms with Gasteiger partial charge in [0, 0.05) is 43.2 Å². The second-order valence-electron chi connectivity index (χ2n) is 12.3. The lowest BCUT2D eigenvalue weighted by Crippen LogP contribution is -2.42. The van der Waals surface area contributed by atoms with E-state index >= 15 is 0 Å². The Hall–Kier alpha value is -4.66. The lowest BCUT2D eigenvalue weighted by molar-refractivity contribution is 0.0525. The Morgan fingerprint density at radius 3 is 2.32 bits per heavy atom. The second-order valence-corrected chi connectivity index (χ2v) is 12.3. The van der Waals surface area contributed by atoms with Crippen LogP contribution in [0.4, 0.5) is 4.79 Å². The highest BCUT2D eigenvalue weighted by Crippen LogP contribution is 2.37. The van der Waals surface area contributed by atoms with Gasteiger partial charge in [0.25, 0.3) is 5.91 Å². The minimum atomic E-state index is -0.557. The average molecular weight is 596 g/mol. The van der Waals surface area contributed by atoms with Crippen LogP contribution in [0.15, 0.2) is 73.1 Å². The molecule has 4 aromatic rings. The summed E-state index contributed by atoms with van der Waals surface area (Å²) in [5.41, 5.74) is 5.71. The Morgan fingerprint density at radius 1 is 0.955 bits per heavy atom. The Labute approximate surface area is 259 Å². The molecule has 0 spiro atoms. The molecule has 230 valence electrons. The van der Waals surface area contributed by atoms with E-state index in [1.54, 1.807) is 12.4 Å². The van der Waals surface area contributed by atoms with Crippen molar-refractivity contribution in [1.29, 1.82) is 0 Å². The van der Waals surface area contributed by atoms with Crippen molar-refractivity contribution < 1.29 is 19.1 Å². The van der Waals surface area contributed by atoms with Crippen LogP contribution in [0.5, 0.6) is 5.75 Å². The summed E-state index contributed by atoms with van der Waals surface area (Å²) in [6, 6.07) is 20.2. The van der Waals surface area contributed by atoms with Gasteiger partial charge in [0.2, 0.25) is 0 Å². The zero-order valence-electron chi connectivity index (χ0n) is 26.2. The first-order valence-electron chi connectivity index (χ1n) is 15.2. The van der Waals surface area contributed by atoms with Gasteiger partial charge in [-0.1, -0.05) is 50.2 Å². The molecule has 0 bridgehead atoms. The molecular weight excluding hydrogens is 554 g/mol. The summed E-state index contributed by atoms with van der Waals surface area (Å²) < 4.78 is 13.2. The summed E-state index contributed by atoms with van der Waals surface area (Å²) in [6.07, 6.45) is 3.61. The van der Waals surface area contributed by atoms with Crippen molar-refractivity contribution in [1.82, 2.24) is 25.0 Å². The predicted molar refractivity (Wildman–Crippen MR) is 171 cm³/mol. The van der Waals surface area contributed by atoms with Gasteiger partial charge in [0.15, 0.2) is 0 Å². The van der Waals surface area contributed by atoms with Crippen molar-refractivity contribution in [2.24, 2.45) is 0 Å². The molecule has 0 unspecified atom stereocenters. The molecule has 9 nitrogen and oxygen atoms in total. The van der Waals surface area contributed by atoms with Crippen LogP contribution in [0.2, 0.25) is 0 Å². The molecule has 0 saturated carbocycles. The molecule has 0 atom stereocenters. The summed E-state index contributed by atoms with van der Waals surface area (Å²) >= 11 is 0. The van der Waals surface area contributed by atoms with Gasteiger partial charge in [-0.15, -0.1) is 0 Å². The number of rotatable bonds is 10. The van der Waals surface area contributed by atoms with Crippen LogP contribution in [0, 0.1) is 0 Å². The number of amides is 2. The molecule has 0 fully saturated rings. The molecule has 0 radical (unpaired) electrons. The molecule has 1 N–H and O–H groups in total. The largest absolute Gasteiger partial charge is 0.489 e. The third-order valence-electron chi connectivity index (χ3n) is 7.45. The number of nitrogens with one attached hydrogen (secondary N) is 1. The Kier molecular flexibility index (Phi) is 9.32. The van der Waals surface area contributed by atoms with Crippen LogP contribution in [0.25, 0.3) is 22.4 Å². The molecule has 5 rings (SSSR count). The maximum atomic E-state index is 13.9. The van der Waals surface area contributed by atoms with Gasteiger partial charge in [-0.3, -0.25) is 14.5 Å². The SMILES string of the molecule is CC(C)c1ccc(COc2ccc(-c3c(-c4ccncc4)nn4c3C(=O)N(CCCNC(=O)OC(C)(C)C)CC4)cc2)cc1. The molecular formula is C35H41N5O4. The van der Waals surface area contributed by atoms with Crippen LogP contribution < -0.4 is 10.1 Å². The molecule has 2 aromatic heterocycles. The Morgan fingerprint density at radius 2 is 1.66 bits per heavy atom. The summed E-state index contributed by atoms with van der Waals surface area (Å²) in [7, 11) is 0. The van der Waals surface area contributed by atoms with E-state index in [1.165, 1.54) is 5.56 Å². The third kappa shape index (κ3) is 7.45. The van der Waals surface area contributed by atoms with Gasteiger partial charge in [0.1, 0.15) is 29.3 Å². The number of benzene rings is 2. The van der Waals surface area contributed by atoms with Crippen LogP contribution in [-0.2, 0) is 17.9 Å². The summed E-state index contributed by atoms with van der Waals surface area (Å²) in [5, 5.41) is 7.66. The molecule has 1 aliphatic heterocycles. The quantitative estimate of drug-likeness (QED) is 0.205. The standard InChI is InChI=1S/C35H41N5O4/c1-24(2)26-9-7-25(8-10-26)23-43-29-13-11-27(12-14-29)30-31(28-15-18-36-19-16-28)38-40-22-21-39(33(41)32(30)40)20-6-17-37-34(42)44-35(3,4)5/h7-16,18-19,24H,6,17,20-23H2,1-5H3,(H,37,42). The van der Waals surface area contributed by atoms with E-state index < -0.39 is 11.7 Å². The van der Waals surface area contributed by atoms with Crippen molar-refractivity contribution in [3.05, 3.63) is 89.9 Å². The Balaban J connectivity index is 1.33. The lowest BCUT2D eigenvalue weighted by Gasteiger charge is -2.28. The maximum Gasteiger partial charge on any atom is 0.407 e. The van der Waals surface area contributed by atoms with Crippen LogP contribution in [-0.4, -0.2) is 56.9 Å². The average Bonchev–Trinajstić information content (AvgIpc) is 3.40. The summed E-state index contributed by atoms with van der Waals surface area (Å²) in [4.78, 5) is 31.9. The van der Waals surface area contributed by atoms with Crippen molar-refractivity contribution in [3.63, 3.8) is 0 Å². The first kappa shape index (κ1) is 30.8. The van der Waals surface area contributed by atoms with E-state index in [4.69, 9.17) is 14.6 Å². The van der Waals surface area contributed by atoms with Gasteiger partial charge < -0.3 is 19.7 Å². The van der Waals surface area contributed by atoms with Crippen molar-refractivity contribution >= 4 is 12.0 Å². The van der Waals surface area contributed by atoms with E-state index in [9.17, 15) is 9.59 Å². The number of ether oxygens (including phenoxy) is 2. The first-order valence-corrected chi connectivity index (χ1v) is 15.2. The van der Waals surface area contributed by atoms with E-state index in [1.807, 2.05) is 66.8 Å². The first-order chi connectivity index (χ1) is 21.1. The van der Waals surface area contributed by atoms with Gasteiger partial charge in [-0.25, -0.2) is 4.79 Å². The van der Waals surface area contributed by atoms with Crippen LogP contribution in [0.3, 0.4) is 0 Å². The monoisotopic (exact) mass is 595 g/mol. The number of aromatic nitrogens is 3. The van der Waals surface area contributed by atoms with Crippen molar-refractivity contribution in [2.75, 3.05) is 19.6 Å². The number of hydrogen-bond donors (Lipinski definition) is 1. The van der Waals surface area contributed by atoms with Crippen molar-refractivity contribution in [3.8, 4) is 28.1 Å². The normalized spacial score (nSPS) is 13.1. The molecule has 2 amide bonds. The fourth-order valence-electron chi connectivity index (χ4n) is 5.16. The Bertz CT molecular complexity index is 1570. The van der Waals surface area contributed by atoms with Gasteiger partial charge >= 0.3 is 6.09 Å². The summed E-state index contributed by atoms with van der Waals surface area (Å²) in [6.45, 7) is 12.4. The van der Waals surface area contributed by atoms with Gasteiger partial charge in [0.05, 0.1) is 6.54 Å². The molecule has 0 saturated heterocycles. The predicted octanol–water partition coefficient (Wildman–Crippen LogP) is 6.69. The van der Waals surface area contributed by atoms with Crippen LogP contribution in [0.1, 0.15) is 68.6 Å². The minimum Gasteiger partial charge on any atom is -0.489 e. The highest BCUT2D eigenvalue weighted by atomic mass is 16.6. The molecule has 3 heterocycles. The number of alkyl carbamates (subject to hydrolysis) is 1. The van der Waals surface area contributed by atoms with E-state index in [0.717, 1.165) is 33.7 Å². The maximum absolute atomic E-state index is 13.9. The number of carbonyl (C=O) groups is 2. The molecule has 2 aromatic carbocycles. The topological polar surface area (TPSA) is 98.6 Å². The van der Waals surface area contributed by atoms with E-state index in [2.05, 4.69) is 48.4 Å². The molecule has 1 aliphatic rings.